The highest BCUT2D eigenvalue weighted by Gasteiger charge is 2.39. The van der Waals surface area contributed by atoms with E-state index >= 15 is 0 Å². The lowest BCUT2D eigenvalue weighted by Gasteiger charge is -2.36. The molecule has 2 saturated heterocycles. The Kier molecular flexibility index (Phi) is 14.3. The quantitative estimate of drug-likeness (QED) is 0.164. The first-order chi connectivity index (χ1) is 31.4. The molecule has 0 radical (unpaired) electrons. The van der Waals surface area contributed by atoms with Gasteiger partial charge in [0.25, 0.3) is 0 Å². The highest BCUT2D eigenvalue weighted by atomic mass is 127. The van der Waals surface area contributed by atoms with Crippen molar-refractivity contribution in [3.05, 3.63) is 69.8 Å². The molecule has 0 bridgehead atoms. The summed E-state index contributed by atoms with van der Waals surface area (Å²) >= 11 is 2.41. The minimum absolute atomic E-state index is 0.0652. The number of alkyl halides is 3. The maximum absolute atomic E-state index is 14.2. The highest BCUT2D eigenvalue weighted by molar-refractivity contribution is 14.1. The molecule has 2 heterocycles. The number of rotatable bonds is 8. The van der Waals surface area contributed by atoms with Crippen LogP contribution in [0.1, 0.15) is 135 Å². The molecular formula is C53H64F3IN2O6. The van der Waals surface area contributed by atoms with E-state index in [-0.39, 0.29) is 42.0 Å². The number of amides is 2. The van der Waals surface area contributed by atoms with Crippen LogP contribution < -0.4 is 19.3 Å². The Morgan fingerprint density at radius 2 is 0.954 bits per heavy atom. The zero-order chi connectivity index (χ0) is 45.2. The van der Waals surface area contributed by atoms with Crippen LogP contribution >= 0.6 is 22.6 Å². The Morgan fingerprint density at radius 3 is 1.40 bits per heavy atom. The Balaban J connectivity index is 0.000000165. The third-order valence-electron chi connectivity index (χ3n) is 15.5. The number of halogens is 4. The Hall–Kier alpha value is -3.94. The maximum Gasteiger partial charge on any atom is 0.420 e. The summed E-state index contributed by atoms with van der Waals surface area (Å²) in [5.41, 5.74) is 0.696. The summed E-state index contributed by atoms with van der Waals surface area (Å²) in [6, 6.07) is 18.0. The van der Waals surface area contributed by atoms with Crippen LogP contribution in [0.5, 0.6) is 11.5 Å². The molecule has 4 aromatic rings. The fourth-order valence-corrected chi connectivity index (χ4v) is 12.8. The summed E-state index contributed by atoms with van der Waals surface area (Å²) in [6.45, 7) is 4.57. The molecule has 2 atom stereocenters. The first-order valence-corrected chi connectivity index (χ1v) is 25.6. The zero-order valence-corrected chi connectivity index (χ0v) is 40.0. The van der Waals surface area contributed by atoms with Crippen molar-refractivity contribution >= 4 is 67.7 Å². The van der Waals surface area contributed by atoms with Crippen LogP contribution in [0, 0.1) is 27.2 Å². The number of hydrogen-bond donors (Lipinski definition) is 0. The summed E-state index contributed by atoms with van der Waals surface area (Å²) in [7, 11) is 0. The SMILES string of the molecule is C[C@@H]1COC(=O)N1c1ccc2c(C(F)(F)F)c(O[C@H]3CC[C@@H](C4CCCCC4)CC3)ccc2c1.C[C@@H]1COC(=O)N1c1ccc2c(I)c(O[C@H]3CC[C@@H](C4CCCCC4)CC3)ccc2c1. The second-order valence-corrected chi connectivity index (χ2v) is 20.9. The Morgan fingerprint density at radius 1 is 0.538 bits per heavy atom. The molecular weight excluding hydrogens is 944 g/mol. The average molecular weight is 1010 g/mol. The number of cyclic esters (lactones) is 2. The van der Waals surface area contributed by atoms with Crippen molar-refractivity contribution in [2.75, 3.05) is 23.0 Å². The van der Waals surface area contributed by atoms with Crippen molar-refractivity contribution in [1.82, 2.24) is 0 Å². The molecule has 6 fully saturated rings. The van der Waals surface area contributed by atoms with E-state index in [9.17, 15) is 22.8 Å². The van der Waals surface area contributed by atoms with E-state index in [0.717, 1.165) is 63.8 Å². The normalized spacial score (nSPS) is 27.0. The van der Waals surface area contributed by atoms with Crippen LogP contribution in [0.15, 0.2) is 60.7 Å². The highest BCUT2D eigenvalue weighted by Crippen LogP contribution is 2.46. The maximum atomic E-state index is 14.2. The number of nitrogens with zero attached hydrogens (tertiary/aromatic N) is 2. The summed E-state index contributed by atoms with van der Waals surface area (Å²) in [5, 5.41) is 2.81. The predicted octanol–water partition coefficient (Wildman–Crippen LogP) is 15.0. The summed E-state index contributed by atoms with van der Waals surface area (Å²) in [6.07, 6.45) is 17.4. The molecule has 10 rings (SSSR count). The van der Waals surface area contributed by atoms with Gasteiger partial charge in [0.1, 0.15) is 30.3 Å². The molecule has 0 unspecified atom stereocenters. The molecule has 2 aliphatic heterocycles. The molecule has 4 saturated carbocycles. The number of hydrogen-bond acceptors (Lipinski definition) is 6. The topological polar surface area (TPSA) is 77.5 Å². The summed E-state index contributed by atoms with van der Waals surface area (Å²) < 4.78 is 66.5. The molecule has 12 heteroatoms. The Labute approximate surface area is 395 Å². The third kappa shape index (κ3) is 10.3. The average Bonchev–Trinajstić information content (AvgIpc) is 3.85. The Bertz CT molecular complexity index is 2310. The van der Waals surface area contributed by atoms with Crippen molar-refractivity contribution in [3.8, 4) is 11.5 Å². The lowest BCUT2D eigenvalue weighted by Crippen LogP contribution is -2.30. The van der Waals surface area contributed by atoms with Crippen LogP contribution in [0.3, 0.4) is 0 Å². The van der Waals surface area contributed by atoms with Crippen LogP contribution in [-0.4, -0.2) is 49.7 Å². The number of fused-ring (bicyclic) bond motifs is 2. The van der Waals surface area contributed by atoms with Crippen molar-refractivity contribution < 1.29 is 41.7 Å². The van der Waals surface area contributed by atoms with E-state index in [1.165, 1.54) is 112 Å². The van der Waals surface area contributed by atoms with Gasteiger partial charge in [0.2, 0.25) is 0 Å². The second kappa shape index (κ2) is 20.1. The first-order valence-electron chi connectivity index (χ1n) is 24.5. The van der Waals surface area contributed by atoms with Crippen LogP contribution in [0.2, 0.25) is 0 Å². The molecule has 4 aromatic carbocycles. The number of carbonyl (C=O) groups is 2. The molecule has 6 aliphatic rings. The fourth-order valence-electron chi connectivity index (χ4n) is 12.0. The number of ether oxygens (including phenoxy) is 4. The van der Waals surface area contributed by atoms with Gasteiger partial charge in [-0.15, -0.1) is 0 Å². The lowest BCUT2D eigenvalue weighted by molar-refractivity contribution is -0.138. The van der Waals surface area contributed by atoms with E-state index in [4.69, 9.17) is 18.9 Å². The van der Waals surface area contributed by atoms with Gasteiger partial charge in [0.15, 0.2) is 0 Å². The number of benzene rings is 4. The van der Waals surface area contributed by atoms with Crippen molar-refractivity contribution in [3.63, 3.8) is 0 Å². The van der Waals surface area contributed by atoms with Gasteiger partial charge in [0, 0.05) is 11.4 Å². The van der Waals surface area contributed by atoms with E-state index in [2.05, 4.69) is 46.9 Å². The smallest absolute Gasteiger partial charge is 0.420 e. The lowest BCUT2D eigenvalue weighted by atomic mass is 9.73. The van der Waals surface area contributed by atoms with E-state index in [1.807, 2.05) is 19.9 Å². The predicted molar refractivity (Wildman–Crippen MR) is 258 cm³/mol. The van der Waals surface area contributed by atoms with Gasteiger partial charge in [-0.25, -0.2) is 9.59 Å². The number of carbonyl (C=O) groups excluding carboxylic acids is 2. The third-order valence-corrected chi connectivity index (χ3v) is 16.6. The molecule has 8 nitrogen and oxygen atoms in total. The van der Waals surface area contributed by atoms with Gasteiger partial charge in [-0.2, -0.15) is 13.2 Å². The van der Waals surface area contributed by atoms with E-state index < -0.39 is 17.8 Å². The molecule has 2 amide bonds. The van der Waals surface area contributed by atoms with Crippen molar-refractivity contribution in [1.29, 1.82) is 0 Å². The van der Waals surface area contributed by atoms with Crippen LogP contribution in [-0.2, 0) is 15.7 Å². The van der Waals surface area contributed by atoms with E-state index in [1.54, 1.807) is 23.1 Å². The van der Waals surface area contributed by atoms with Gasteiger partial charge < -0.3 is 18.9 Å². The minimum atomic E-state index is -4.55. The molecule has 350 valence electrons. The van der Waals surface area contributed by atoms with Crippen LogP contribution in [0.25, 0.3) is 21.5 Å². The summed E-state index contributed by atoms with van der Waals surface area (Å²) in [4.78, 5) is 27.3. The largest absolute Gasteiger partial charge is 0.490 e. The van der Waals surface area contributed by atoms with Gasteiger partial charge in [-0.05, 0) is 169 Å². The molecule has 65 heavy (non-hydrogen) atoms. The molecule has 4 aliphatic carbocycles. The fraction of sp³-hybridized carbons (Fsp3) is 0.585. The van der Waals surface area contributed by atoms with Crippen LogP contribution in [0.4, 0.5) is 34.1 Å². The van der Waals surface area contributed by atoms with E-state index in [0.29, 0.717) is 29.7 Å². The standard InChI is InChI=1S/C27H32F3NO3.C26H32INO3/c1-17-16-33-26(32)31(17)21-10-13-23-20(15-21)9-14-24(25(23)27(28,29)30)34-22-11-7-19(8-12-22)18-5-3-2-4-6-18;1-17-16-30-26(29)28(17)21-10-13-23-20(15-21)9-14-24(25(23)27)31-22-11-7-19(8-12-22)18-5-3-2-4-6-18/h9-10,13-15,17-19,22H,2-8,11-12,16H2,1H3;9-10,13-15,17-19,22H,2-8,11-12,16H2,1H3/t2*17-,19-,22+/m11/s1. The van der Waals surface area contributed by atoms with Gasteiger partial charge >= 0.3 is 18.4 Å². The minimum Gasteiger partial charge on any atom is -0.490 e. The second-order valence-electron chi connectivity index (χ2n) is 19.8. The number of anilines is 2. The molecule has 0 N–H and O–H groups in total. The monoisotopic (exact) mass is 1010 g/mol. The molecule has 0 aromatic heterocycles. The van der Waals surface area contributed by atoms with Gasteiger partial charge in [-0.3, -0.25) is 9.80 Å². The first kappa shape index (κ1) is 46.2. The molecule has 0 spiro atoms. The van der Waals surface area contributed by atoms with Gasteiger partial charge in [0.05, 0.1) is 27.9 Å². The zero-order valence-electron chi connectivity index (χ0n) is 37.9. The van der Waals surface area contributed by atoms with Crippen molar-refractivity contribution in [2.45, 2.75) is 160 Å². The summed E-state index contributed by atoms with van der Waals surface area (Å²) in [5.74, 6) is 4.27. The van der Waals surface area contributed by atoms with Gasteiger partial charge in [-0.1, -0.05) is 88.5 Å². The van der Waals surface area contributed by atoms with Crippen molar-refractivity contribution in [2.24, 2.45) is 23.7 Å².